The van der Waals surface area contributed by atoms with Gasteiger partial charge in [0, 0.05) is 11.9 Å². The molecule has 7 heteroatoms. The van der Waals surface area contributed by atoms with Gasteiger partial charge in [-0.3, -0.25) is 0 Å². The van der Waals surface area contributed by atoms with Crippen molar-refractivity contribution in [1.29, 1.82) is 0 Å². The van der Waals surface area contributed by atoms with E-state index >= 15 is 4.39 Å². The standard InChI is InChI=1S/C18H15ClF2N4/c19-13-2-1-3-15(16(13)20)25-17-12-8-11(18(21)6-7-22-9-18)4-5-14(12)23-10-24-17/h1-5,8,10,22H,6-7,9H2,(H,23,24,25)/t18-/m1/s1. The highest BCUT2D eigenvalue weighted by Gasteiger charge is 2.35. The zero-order valence-corrected chi connectivity index (χ0v) is 13.9. The molecule has 1 fully saturated rings. The topological polar surface area (TPSA) is 49.8 Å². The van der Waals surface area contributed by atoms with E-state index in [1.54, 1.807) is 30.3 Å². The summed E-state index contributed by atoms with van der Waals surface area (Å²) in [4.78, 5) is 8.40. The molecular formula is C18H15ClF2N4. The molecule has 0 saturated carbocycles. The molecule has 0 amide bonds. The van der Waals surface area contributed by atoms with Crippen LogP contribution >= 0.6 is 11.6 Å². The van der Waals surface area contributed by atoms with E-state index in [9.17, 15) is 4.39 Å². The van der Waals surface area contributed by atoms with Crippen molar-refractivity contribution in [2.45, 2.75) is 12.1 Å². The Morgan fingerprint density at radius 3 is 2.88 bits per heavy atom. The monoisotopic (exact) mass is 360 g/mol. The van der Waals surface area contributed by atoms with Crippen molar-refractivity contribution in [1.82, 2.24) is 15.3 Å². The second-order valence-electron chi connectivity index (χ2n) is 6.07. The van der Waals surface area contributed by atoms with Crippen LogP contribution in [0.4, 0.5) is 20.3 Å². The molecule has 1 aliphatic heterocycles. The Hall–Kier alpha value is -2.31. The molecule has 25 heavy (non-hydrogen) atoms. The van der Waals surface area contributed by atoms with Gasteiger partial charge in [-0.25, -0.2) is 18.7 Å². The maximum Gasteiger partial charge on any atom is 0.165 e. The quantitative estimate of drug-likeness (QED) is 0.730. The number of nitrogens with one attached hydrogen (secondary N) is 2. The average Bonchev–Trinajstić information content (AvgIpc) is 3.07. The van der Waals surface area contributed by atoms with Gasteiger partial charge in [-0.1, -0.05) is 23.7 Å². The van der Waals surface area contributed by atoms with Gasteiger partial charge in [0.25, 0.3) is 0 Å². The second kappa shape index (κ2) is 6.20. The van der Waals surface area contributed by atoms with Crippen LogP contribution in [-0.2, 0) is 5.67 Å². The fourth-order valence-electron chi connectivity index (χ4n) is 3.07. The molecule has 1 aliphatic rings. The minimum Gasteiger partial charge on any atom is -0.337 e. The fourth-order valence-corrected chi connectivity index (χ4v) is 3.25. The third kappa shape index (κ3) is 2.92. The predicted octanol–water partition coefficient (Wildman–Crippen LogP) is 4.32. The fraction of sp³-hybridized carbons (Fsp3) is 0.222. The van der Waals surface area contributed by atoms with Gasteiger partial charge in [-0.05, 0) is 42.8 Å². The number of nitrogens with zero attached hydrogens (tertiary/aromatic N) is 2. The lowest BCUT2D eigenvalue weighted by Gasteiger charge is -2.19. The Kier molecular flexibility index (Phi) is 4.01. The van der Waals surface area contributed by atoms with Crippen LogP contribution in [0.15, 0.2) is 42.7 Å². The zero-order chi connectivity index (χ0) is 17.4. The first kappa shape index (κ1) is 16.2. The zero-order valence-electron chi connectivity index (χ0n) is 13.2. The van der Waals surface area contributed by atoms with E-state index < -0.39 is 11.5 Å². The molecule has 4 nitrogen and oxygen atoms in total. The van der Waals surface area contributed by atoms with Gasteiger partial charge in [0.15, 0.2) is 5.82 Å². The third-order valence-electron chi connectivity index (χ3n) is 4.46. The number of aromatic nitrogens is 2. The summed E-state index contributed by atoms with van der Waals surface area (Å²) >= 11 is 5.82. The van der Waals surface area contributed by atoms with Gasteiger partial charge in [0.05, 0.1) is 16.2 Å². The van der Waals surface area contributed by atoms with E-state index in [-0.39, 0.29) is 17.3 Å². The number of halogens is 3. The third-order valence-corrected chi connectivity index (χ3v) is 4.75. The number of anilines is 2. The second-order valence-corrected chi connectivity index (χ2v) is 6.48. The van der Waals surface area contributed by atoms with E-state index in [0.29, 0.717) is 35.2 Å². The molecule has 2 N–H and O–H groups in total. The van der Waals surface area contributed by atoms with E-state index in [0.717, 1.165) is 0 Å². The average molecular weight is 361 g/mol. The van der Waals surface area contributed by atoms with Crippen LogP contribution in [0.2, 0.25) is 5.02 Å². The molecule has 3 aromatic rings. The Balaban J connectivity index is 1.79. The highest BCUT2D eigenvalue weighted by atomic mass is 35.5. The maximum atomic E-state index is 15.0. The molecule has 1 atom stereocenters. The molecule has 0 bridgehead atoms. The van der Waals surface area contributed by atoms with Crippen LogP contribution in [0.1, 0.15) is 12.0 Å². The first-order valence-electron chi connectivity index (χ1n) is 7.93. The smallest absolute Gasteiger partial charge is 0.165 e. The summed E-state index contributed by atoms with van der Waals surface area (Å²) in [6, 6.07) is 9.91. The molecule has 0 radical (unpaired) electrons. The Morgan fingerprint density at radius 2 is 2.08 bits per heavy atom. The van der Waals surface area contributed by atoms with Crippen molar-refractivity contribution in [3.05, 3.63) is 59.1 Å². The summed E-state index contributed by atoms with van der Waals surface area (Å²) in [5, 5.41) is 6.62. The lowest BCUT2D eigenvalue weighted by atomic mass is 9.94. The molecular weight excluding hydrogens is 346 g/mol. The summed E-state index contributed by atoms with van der Waals surface area (Å²) in [5.41, 5.74) is 0.00542. The van der Waals surface area contributed by atoms with E-state index in [1.807, 2.05) is 0 Å². The van der Waals surface area contributed by atoms with Gasteiger partial charge in [0.1, 0.15) is 17.8 Å². The minimum absolute atomic E-state index is 0.0174. The van der Waals surface area contributed by atoms with Crippen molar-refractivity contribution in [3.8, 4) is 0 Å². The number of hydrogen-bond donors (Lipinski definition) is 2. The van der Waals surface area contributed by atoms with Crippen LogP contribution in [0, 0.1) is 5.82 Å². The van der Waals surface area contributed by atoms with E-state index in [1.165, 1.54) is 12.4 Å². The summed E-state index contributed by atoms with van der Waals surface area (Å²) in [7, 11) is 0. The highest BCUT2D eigenvalue weighted by Crippen LogP contribution is 2.35. The van der Waals surface area contributed by atoms with Gasteiger partial charge < -0.3 is 10.6 Å². The number of alkyl halides is 1. The molecule has 128 valence electrons. The number of fused-ring (bicyclic) bond motifs is 1. The van der Waals surface area contributed by atoms with Crippen LogP contribution in [0.25, 0.3) is 10.9 Å². The molecule has 2 heterocycles. The van der Waals surface area contributed by atoms with Gasteiger partial charge in [-0.2, -0.15) is 0 Å². The molecule has 1 aromatic heterocycles. The highest BCUT2D eigenvalue weighted by molar-refractivity contribution is 6.31. The SMILES string of the molecule is Fc1c(Cl)cccc1Nc1ncnc2ccc([C@@]3(F)CCNC3)cc12. The van der Waals surface area contributed by atoms with E-state index in [2.05, 4.69) is 20.6 Å². The number of rotatable bonds is 3. The van der Waals surface area contributed by atoms with Gasteiger partial charge >= 0.3 is 0 Å². The lowest BCUT2D eigenvalue weighted by molar-refractivity contribution is 0.193. The van der Waals surface area contributed by atoms with Gasteiger partial charge in [-0.15, -0.1) is 0 Å². The van der Waals surface area contributed by atoms with Crippen LogP contribution in [0.5, 0.6) is 0 Å². The first-order chi connectivity index (χ1) is 12.1. The van der Waals surface area contributed by atoms with E-state index in [4.69, 9.17) is 11.6 Å². The van der Waals surface area contributed by atoms with Crippen molar-refractivity contribution in [3.63, 3.8) is 0 Å². The van der Waals surface area contributed by atoms with Crippen molar-refractivity contribution < 1.29 is 8.78 Å². The summed E-state index contributed by atoms with van der Waals surface area (Å²) in [5.74, 6) is -0.156. The number of benzene rings is 2. The molecule has 2 aromatic carbocycles. The van der Waals surface area contributed by atoms with Crippen LogP contribution < -0.4 is 10.6 Å². The normalized spacial score (nSPS) is 20.1. The Labute approximate surface area is 148 Å². The molecule has 0 spiro atoms. The molecule has 0 unspecified atom stereocenters. The minimum atomic E-state index is -1.41. The molecule has 0 aliphatic carbocycles. The summed E-state index contributed by atoms with van der Waals surface area (Å²) in [6.07, 6.45) is 1.80. The summed E-state index contributed by atoms with van der Waals surface area (Å²) < 4.78 is 29.2. The van der Waals surface area contributed by atoms with Crippen molar-refractivity contribution in [2.75, 3.05) is 18.4 Å². The molecule has 1 saturated heterocycles. The summed E-state index contributed by atoms with van der Waals surface area (Å²) in [6.45, 7) is 0.913. The van der Waals surface area contributed by atoms with Crippen LogP contribution in [-0.4, -0.2) is 23.1 Å². The first-order valence-corrected chi connectivity index (χ1v) is 8.30. The number of hydrogen-bond acceptors (Lipinski definition) is 4. The van der Waals surface area contributed by atoms with Crippen LogP contribution in [0.3, 0.4) is 0 Å². The molecule has 4 rings (SSSR count). The Morgan fingerprint density at radius 1 is 1.20 bits per heavy atom. The Bertz CT molecular complexity index is 942. The maximum absolute atomic E-state index is 15.0. The van der Waals surface area contributed by atoms with Crippen molar-refractivity contribution >= 4 is 34.0 Å². The van der Waals surface area contributed by atoms with Crippen molar-refractivity contribution in [2.24, 2.45) is 0 Å². The predicted molar refractivity (Wildman–Crippen MR) is 94.5 cm³/mol. The largest absolute Gasteiger partial charge is 0.337 e. The van der Waals surface area contributed by atoms with Gasteiger partial charge in [0.2, 0.25) is 0 Å². The lowest BCUT2D eigenvalue weighted by Crippen LogP contribution is -2.23.